The summed E-state index contributed by atoms with van der Waals surface area (Å²) in [6.07, 6.45) is 1.86. The van der Waals surface area contributed by atoms with Crippen LogP contribution in [-0.2, 0) is 11.3 Å². The number of carbonyl (C=O) groups is 1. The Morgan fingerprint density at radius 1 is 1.40 bits per heavy atom. The molecule has 1 aromatic heterocycles. The Hall–Kier alpha value is -1.90. The average molecular weight is 202 g/mol. The maximum atomic E-state index is 11.1. The Bertz CT molecular complexity index is 520. The highest BCUT2D eigenvalue weighted by Gasteiger charge is 2.10. The molecule has 0 aliphatic rings. The highest BCUT2D eigenvalue weighted by molar-refractivity contribution is 5.78. The van der Waals surface area contributed by atoms with Gasteiger partial charge in [-0.25, -0.2) is 0 Å². The second-order valence-corrected chi connectivity index (χ2v) is 3.58. The van der Waals surface area contributed by atoms with Crippen LogP contribution in [0.15, 0.2) is 36.5 Å². The van der Waals surface area contributed by atoms with Gasteiger partial charge in [0.15, 0.2) is 12.0 Å². The first-order chi connectivity index (χ1) is 7.16. The molecule has 1 aromatic carbocycles. The molecule has 0 unspecified atom stereocenters. The van der Waals surface area contributed by atoms with Gasteiger partial charge in [-0.2, -0.15) is 4.57 Å². The fourth-order valence-corrected chi connectivity index (χ4v) is 1.65. The third-order valence-electron chi connectivity index (χ3n) is 2.26. The fourth-order valence-electron chi connectivity index (χ4n) is 1.65. The van der Waals surface area contributed by atoms with E-state index in [4.69, 9.17) is 0 Å². The van der Waals surface area contributed by atoms with Gasteiger partial charge in [0.2, 0.25) is 12.1 Å². The van der Waals surface area contributed by atoms with Crippen LogP contribution in [0.3, 0.4) is 0 Å². The van der Waals surface area contributed by atoms with Crippen LogP contribution in [-0.4, -0.2) is 10.9 Å². The number of phenolic OH excluding ortho intramolecular Hbond substituents is 1. The summed E-state index contributed by atoms with van der Waals surface area (Å²) in [4.78, 5) is 11.1. The topological polar surface area (TPSA) is 41.2 Å². The maximum absolute atomic E-state index is 11.1. The number of aromatic nitrogens is 1. The minimum absolute atomic E-state index is 0.112. The summed E-state index contributed by atoms with van der Waals surface area (Å²) >= 11 is 0. The molecule has 3 heteroatoms. The predicted octanol–water partition coefficient (Wildman–Crippen LogP) is 1.42. The van der Waals surface area contributed by atoms with Crippen LogP contribution in [0.5, 0.6) is 5.75 Å². The molecule has 3 nitrogen and oxygen atoms in total. The lowest BCUT2D eigenvalue weighted by molar-refractivity contribution is -0.658. The molecule has 0 spiro atoms. The molecule has 76 valence electrons. The van der Waals surface area contributed by atoms with Crippen molar-refractivity contribution >= 4 is 16.7 Å². The molecule has 15 heavy (non-hydrogen) atoms. The summed E-state index contributed by atoms with van der Waals surface area (Å²) in [5.74, 6) is 0.351. The Balaban J connectivity index is 2.60. The van der Waals surface area contributed by atoms with E-state index in [9.17, 15) is 9.90 Å². The number of phenols is 1. The molecule has 0 atom stereocenters. The molecule has 0 amide bonds. The molecule has 0 bridgehead atoms. The monoisotopic (exact) mass is 202 g/mol. The molecule has 0 saturated carbocycles. The van der Waals surface area contributed by atoms with Gasteiger partial charge in [-0.15, -0.1) is 0 Å². The summed E-state index contributed by atoms with van der Waals surface area (Å²) in [7, 11) is 0. The van der Waals surface area contributed by atoms with Crippen LogP contribution in [0, 0.1) is 0 Å². The molecular weight excluding hydrogens is 190 g/mol. The first-order valence-electron chi connectivity index (χ1n) is 4.77. The minimum atomic E-state index is 0.112. The summed E-state index contributed by atoms with van der Waals surface area (Å²) in [6.45, 7) is 1.92. The van der Waals surface area contributed by atoms with Gasteiger partial charge >= 0.3 is 0 Å². The van der Waals surface area contributed by atoms with Crippen molar-refractivity contribution in [3.05, 3.63) is 36.5 Å². The second kappa shape index (κ2) is 3.69. The number of benzene rings is 1. The predicted molar refractivity (Wildman–Crippen MR) is 56.5 cm³/mol. The van der Waals surface area contributed by atoms with Gasteiger partial charge in [0.1, 0.15) is 5.75 Å². The quantitative estimate of drug-likeness (QED) is 0.748. The zero-order valence-electron chi connectivity index (χ0n) is 8.47. The number of hydrogen-bond donors (Lipinski definition) is 1. The van der Waals surface area contributed by atoms with Crippen molar-refractivity contribution in [1.82, 2.24) is 0 Å². The van der Waals surface area contributed by atoms with Crippen LogP contribution >= 0.6 is 0 Å². The maximum Gasteiger partial charge on any atom is 0.213 e. The summed E-state index contributed by atoms with van der Waals surface area (Å²) < 4.78 is 1.87. The Morgan fingerprint density at radius 2 is 2.20 bits per heavy atom. The largest absolute Gasteiger partial charge is 0.508 e. The lowest BCUT2D eigenvalue weighted by atomic mass is 10.2. The number of fused-ring (bicyclic) bond motifs is 1. The van der Waals surface area contributed by atoms with E-state index in [1.807, 2.05) is 29.0 Å². The van der Waals surface area contributed by atoms with E-state index in [1.54, 1.807) is 19.1 Å². The third kappa shape index (κ3) is 1.96. The number of Topliss-reactive ketones (excluding diaryl/α,β-unsaturated/α-hetero) is 1. The first-order valence-corrected chi connectivity index (χ1v) is 4.77. The summed E-state index contributed by atoms with van der Waals surface area (Å²) in [5.41, 5.74) is 0.950. The summed E-state index contributed by atoms with van der Waals surface area (Å²) in [6, 6.07) is 8.90. The molecule has 1 heterocycles. The Kier molecular flexibility index (Phi) is 2.37. The van der Waals surface area contributed by atoms with Gasteiger partial charge in [0, 0.05) is 19.1 Å². The number of nitrogens with zero attached hydrogens (tertiary/aromatic N) is 1. The van der Waals surface area contributed by atoms with E-state index in [0.29, 0.717) is 6.54 Å². The third-order valence-corrected chi connectivity index (χ3v) is 2.26. The van der Waals surface area contributed by atoms with Crippen molar-refractivity contribution in [3.8, 4) is 5.75 Å². The molecule has 2 aromatic rings. The van der Waals surface area contributed by atoms with Crippen molar-refractivity contribution in [2.75, 3.05) is 0 Å². The van der Waals surface area contributed by atoms with Crippen LogP contribution in [0.2, 0.25) is 0 Å². The lowest BCUT2D eigenvalue weighted by Gasteiger charge is -1.99. The number of hydrogen-bond acceptors (Lipinski definition) is 2. The van der Waals surface area contributed by atoms with Crippen LogP contribution in [0.1, 0.15) is 6.92 Å². The van der Waals surface area contributed by atoms with E-state index in [2.05, 4.69) is 0 Å². The van der Waals surface area contributed by atoms with Gasteiger partial charge in [-0.3, -0.25) is 4.79 Å². The van der Waals surface area contributed by atoms with Gasteiger partial charge in [0.25, 0.3) is 0 Å². The number of carbonyl (C=O) groups excluding carboxylic acids is 1. The molecule has 0 fully saturated rings. The van der Waals surface area contributed by atoms with Gasteiger partial charge in [-0.1, -0.05) is 0 Å². The van der Waals surface area contributed by atoms with Crippen LogP contribution in [0.25, 0.3) is 10.9 Å². The van der Waals surface area contributed by atoms with Crippen molar-refractivity contribution in [3.63, 3.8) is 0 Å². The van der Waals surface area contributed by atoms with E-state index in [1.165, 1.54) is 0 Å². The molecule has 1 N–H and O–H groups in total. The minimum Gasteiger partial charge on any atom is -0.508 e. The van der Waals surface area contributed by atoms with Crippen LogP contribution < -0.4 is 4.57 Å². The standard InChI is InChI=1S/C12H11NO2/c1-9(14)8-13-6-2-3-10-7-11(15)4-5-12(10)13/h2-7H,8H2,1H3/p+1. The van der Waals surface area contributed by atoms with Crippen molar-refractivity contribution < 1.29 is 14.5 Å². The van der Waals surface area contributed by atoms with E-state index in [-0.39, 0.29) is 11.5 Å². The van der Waals surface area contributed by atoms with Gasteiger partial charge < -0.3 is 5.11 Å². The Labute approximate surface area is 87.6 Å². The molecular formula is C12H12NO2+. The highest BCUT2D eigenvalue weighted by atomic mass is 16.3. The Morgan fingerprint density at radius 3 is 2.93 bits per heavy atom. The zero-order valence-corrected chi connectivity index (χ0v) is 8.47. The van der Waals surface area contributed by atoms with E-state index in [0.717, 1.165) is 10.9 Å². The second-order valence-electron chi connectivity index (χ2n) is 3.58. The zero-order chi connectivity index (χ0) is 10.8. The number of aromatic hydroxyl groups is 1. The van der Waals surface area contributed by atoms with Gasteiger partial charge in [-0.05, 0) is 18.2 Å². The SMILES string of the molecule is CC(=O)C[n+]1cccc2cc(O)ccc21. The fraction of sp³-hybridized carbons (Fsp3) is 0.167. The van der Waals surface area contributed by atoms with Crippen LogP contribution in [0.4, 0.5) is 0 Å². The number of rotatable bonds is 2. The van der Waals surface area contributed by atoms with Crippen molar-refractivity contribution in [2.24, 2.45) is 0 Å². The molecule has 0 aliphatic heterocycles. The lowest BCUT2D eigenvalue weighted by Crippen LogP contribution is -2.37. The highest BCUT2D eigenvalue weighted by Crippen LogP contribution is 2.16. The molecule has 0 radical (unpaired) electrons. The first kappa shape index (κ1) is 9.65. The van der Waals surface area contributed by atoms with Crippen molar-refractivity contribution in [2.45, 2.75) is 13.5 Å². The number of ketones is 1. The average Bonchev–Trinajstić information content (AvgIpc) is 2.16. The molecule has 2 rings (SSSR count). The van der Waals surface area contributed by atoms with Crippen molar-refractivity contribution in [1.29, 1.82) is 0 Å². The number of pyridine rings is 1. The van der Waals surface area contributed by atoms with Gasteiger partial charge in [0.05, 0.1) is 5.39 Å². The normalized spacial score (nSPS) is 10.5. The smallest absolute Gasteiger partial charge is 0.213 e. The van der Waals surface area contributed by atoms with E-state index >= 15 is 0 Å². The van der Waals surface area contributed by atoms with E-state index < -0.39 is 0 Å². The summed E-state index contributed by atoms with van der Waals surface area (Å²) in [5, 5.41) is 10.3. The molecule has 0 saturated heterocycles. The molecule has 0 aliphatic carbocycles.